The molecule has 1 rings (SSSR count). The van der Waals surface area contributed by atoms with Crippen LogP contribution in [0.2, 0.25) is 0 Å². The smallest absolute Gasteiger partial charge is 0.319 e. The van der Waals surface area contributed by atoms with Crippen molar-refractivity contribution in [1.29, 1.82) is 0 Å². The lowest BCUT2D eigenvalue weighted by atomic mass is 10.1. The SMILES string of the molecule is CCc1ccc(C[NH+](C)[C@H](C)C(=O)NC(N)=O)cc1. The molecule has 5 nitrogen and oxygen atoms in total. The molecule has 0 spiro atoms. The molecule has 0 aliphatic carbocycles. The van der Waals surface area contributed by atoms with Crippen molar-refractivity contribution < 1.29 is 14.5 Å². The second kappa shape index (κ2) is 6.89. The Morgan fingerprint density at radius 2 is 1.79 bits per heavy atom. The molecule has 0 aromatic heterocycles. The molecule has 3 amide bonds. The Bertz CT molecular complexity index is 443. The van der Waals surface area contributed by atoms with E-state index in [4.69, 9.17) is 5.73 Å². The molecule has 0 saturated heterocycles. The summed E-state index contributed by atoms with van der Waals surface area (Å²) in [6.45, 7) is 4.61. The number of primary amides is 1. The predicted molar refractivity (Wildman–Crippen MR) is 73.6 cm³/mol. The number of carbonyl (C=O) groups excluding carboxylic acids is 2. The third-order valence-electron chi connectivity index (χ3n) is 3.29. The van der Waals surface area contributed by atoms with Gasteiger partial charge in [-0.3, -0.25) is 10.1 Å². The summed E-state index contributed by atoms with van der Waals surface area (Å²) in [5.41, 5.74) is 7.39. The van der Waals surface area contributed by atoms with Gasteiger partial charge in [-0.2, -0.15) is 0 Å². The Kier molecular flexibility index (Phi) is 5.51. The lowest BCUT2D eigenvalue weighted by Crippen LogP contribution is -3.12. The monoisotopic (exact) mass is 264 g/mol. The summed E-state index contributed by atoms with van der Waals surface area (Å²) in [6.07, 6.45) is 1.01. The van der Waals surface area contributed by atoms with Crippen LogP contribution >= 0.6 is 0 Å². The maximum absolute atomic E-state index is 11.7. The largest absolute Gasteiger partial charge is 0.351 e. The van der Waals surface area contributed by atoms with Crippen LogP contribution in [0.3, 0.4) is 0 Å². The van der Waals surface area contributed by atoms with E-state index in [1.165, 1.54) is 5.56 Å². The van der Waals surface area contributed by atoms with E-state index in [2.05, 4.69) is 36.5 Å². The van der Waals surface area contributed by atoms with Crippen LogP contribution in [0, 0.1) is 0 Å². The molecular formula is C14H22N3O2+. The zero-order valence-corrected chi connectivity index (χ0v) is 11.7. The molecule has 4 N–H and O–H groups in total. The number of hydrogen-bond acceptors (Lipinski definition) is 2. The normalized spacial score (nSPS) is 13.6. The van der Waals surface area contributed by atoms with Crippen LogP contribution in [0.15, 0.2) is 24.3 Å². The van der Waals surface area contributed by atoms with Gasteiger partial charge in [0.15, 0.2) is 6.04 Å². The van der Waals surface area contributed by atoms with Gasteiger partial charge in [-0.15, -0.1) is 0 Å². The van der Waals surface area contributed by atoms with E-state index in [0.29, 0.717) is 0 Å². The van der Waals surface area contributed by atoms with Gasteiger partial charge >= 0.3 is 6.03 Å². The fourth-order valence-corrected chi connectivity index (χ4v) is 1.82. The number of quaternary nitrogens is 1. The van der Waals surface area contributed by atoms with Crippen LogP contribution in [0.1, 0.15) is 25.0 Å². The molecule has 0 saturated carbocycles. The second-order valence-corrected chi connectivity index (χ2v) is 4.77. The predicted octanol–water partition coefficient (Wildman–Crippen LogP) is -0.153. The molecule has 1 aromatic carbocycles. The fourth-order valence-electron chi connectivity index (χ4n) is 1.82. The van der Waals surface area contributed by atoms with Crippen molar-refractivity contribution in [3.05, 3.63) is 35.4 Å². The highest BCUT2D eigenvalue weighted by atomic mass is 16.2. The zero-order valence-electron chi connectivity index (χ0n) is 11.7. The van der Waals surface area contributed by atoms with Crippen LogP contribution in [0.25, 0.3) is 0 Å². The Morgan fingerprint density at radius 3 is 2.26 bits per heavy atom. The van der Waals surface area contributed by atoms with Gasteiger partial charge < -0.3 is 10.6 Å². The molecule has 2 atom stereocenters. The third kappa shape index (κ3) is 4.71. The highest BCUT2D eigenvalue weighted by Gasteiger charge is 2.22. The van der Waals surface area contributed by atoms with Crippen molar-refractivity contribution in [2.75, 3.05) is 7.05 Å². The van der Waals surface area contributed by atoms with Gasteiger partial charge in [0.05, 0.1) is 7.05 Å². The molecule has 5 heteroatoms. The molecule has 0 heterocycles. The van der Waals surface area contributed by atoms with Gasteiger partial charge in [-0.25, -0.2) is 4.79 Å². The molecule has 1 aromatic rings. The van der Waals surface area contributed by atoms with E-state index in [-0.39, 0.29) is 11.9 Å². The molecule has 0 radical (unpaired) electrons. The number of nitrogens with two attached hydrogens (primary N) is 1. The van der Waals surface area contributed by atoms with Crippen molar-refractivity contribution in [3.63, 3.8) is 0 Å². The minimum atomic E-state index is -0.808. The summed E-state index contributed by atoms with van der Waals surface area (Å²) >= 11 is 0. The van der Waals surface area contributed by atoms with Gasteiger partial charge in [-0.1, -0.05) is 31.2 Å². The molecule has 19 heavy (non-hydrogen) atoms. The Balaban J connectivity index is 2.59. The topological polar surface area (TPSA) is 76.6 Å². The van der Waals surface area contributed by atoms with E-state index < -0.39 is 6.03 Å². The maximum Gasteiger partial charge on any atom is 0.319 e. The van der Waals surface area contributed by atoms with E-state index in [0.717, 1.165) is 23.4 Å². The average molecular weight is 264 g/mol. The van der Waals surface area contributed by atoms with E-state index in [1.54, 1.807) is 6.92 Å². The van der Waals surface area contributed by atoms with Crippen LogP contribution in [0.4, 0.5) is 4.79 Å². The third-order valence-corrected chi connectivity index (χ3v) is 3.29. The lowest BCUT2D eigenvalue weighted by Gasteiger charge is -2.20. The van der Waals surface area contributed by atoms with Gasteiger partial charge in [0.25, 0.3) is 5.91 Å². The van der Waals surface area contributed by atoms with Crippen molar-refractivity contribution in [2.24, 2.45) is 5.73 Å². The number of imide groups is 1. The van der Waals surface area contributed by atoms with Gasteiger partial charge in [0.2, 0.25) is 0 Å². The van der Waals surface area contributed by atoms with Gasteiger partial charge in [-0.05, 0) is 18.9 Å². The summed E-state index contributed by atoms with van der Waals surface area (Å²) in [5, 5.41) is 2.11. The summed E-state index contributed by atoms with van der Waals surface area (Å²) in [6, 6.07) is 7.19. The van der Waals surface area contributed by atoms with Crippen molar-refractivity contribution in [3.8, 4) is 0 Å². The Hall–Kier alpha value is -1.88. The average Bonchev–Trinajstić information content (AvgIpc) is 2.37. The zero-order chi connectivity index (χ0) is 14.4. The van der Waals surface area contributed by atoms with Crippen molar-refractivity contribution in [2.45, 2.75) is 32.9 Å². The van der Waals surface area contributed by atoms with E-state index >= 15 is 0 Å². The number of nitrogens with one attached hydrogen (secondary N) is 2. The number of hydrogen-bond donors (Lipinski definition) is 3. The molecule has 104 valence electrons. The first-order valence-corrected chi connectivity index (χ1v) is 6.44. The van der Waals surface area contributed by atoms with Crippen LogP contribution in [-0.2, 0) is 17.8 Å². The molecule has 0 bridgehead atoms. The standard InChI is InChI=1S/C14H21N3O2/c1-4-11-5-7-12(8-6-11)9-17(3)10(2)13(18)16-14(15)19/h5-8,10H,4,9H2,1-3H3,(H3,15,16,18,19)/p+1/t10-/m1/s1. The highest BCUT2D eigenvalue weighted by Crippen LogP contribution is 2.03. The van der Waals surface area contributed by atoms with E-state index in [1.807, 2.05) is 7.05 Å². The second-order valence-electron chi connectivity index (χ2n) is 4.77. The van der Waals surface area contributed by atoms with Gasteiger partial charge in [0.1, 0.15) is 6.54 Å². The molecule has 0 aliphatic heterocycles. The van der Waals surface area contributed by atoms with Crippen LogP contribution < -0.4 is 16.0 Å². The minimum Gasteiger partial charge on any atom is -0.351 e. The van der Waals surface area contributed by atoms with Gasteiger partial charge in [0, 0.05) is 5.56 Å². The Morgan fingerprint density at radius 1 is 1.26 bits per heavy atom. The molecule has 1 unspecified atom stereocenters. The number of likely N-dealkylation sites (N-methyl/N-ethyl adjacent to an activating group) is 1. The first kappa shape index (κ1) is 15.2. The number of urea groups is 1. The van der Waals surface area contributed by atoms with Crippen LogP contribution in [0.5, 0.6) is 0 Å². The first-order chi connectivity index (χ1) is 8.93. The van der Waals surface area contributed by atoms with E-state index in [9.17, 15) is 9.59 Å². The van der Waals surface area contributed by atoms with Crippen LogP contribution in [-0.4, -0.2) is 25.0 Å². The number of aryl methyl sites for hydroxylation is 1. The summed E-state index contributed by atoms with van der Waals surface area (Å²) in [4.78, 5) is 23.3. The number of benzene rings is 1. The summed E-state index contributed by atoms with van der Waals surface area (Å²) < 4.78 is 0. The highest BCUT2D eigenvalue weighted by molar-refractivity contribution is 5.95. The number of carbonyl (C=O) groups is 2. The number of amides is 3. The first-order valence-electron chi connectivity index (χ1n) is 6.44. The maximum atomic E-state index is 11.7. The molecule has 0 aliphatic rings. The summed E-state index contributed by atoms with van der Waals surface area (Å²) in [5.74, 6) is -0.352. The van der Waals surface area contributed by atoms with Crippen molar-refractivity contribution >= 4 is 11.9 Å². The molecule has 0 fully saturated rings. The Labute approximate surface area is 113 Å². The van der Waals surface area contributed by atoms with Crippen molar-refractivity contribution in [1.82, 2.24) is 5.32 Å². The minimum absolute atomic E-state index is 0.335. The quantitative estimate of drug-likeness (QED) is 0.691. The lowest BCUT2D eigenvalue weighted by molar-refractivity contribution is -0.908. The fraction of sp³-hybridized carbons (Fsp3) is 0.429. The molecular weight excluding hydrogens is 242 g/mol. The number of rotatable bonds is 5. The summed E-state index contributed by atoms with van der Waals surface area (Å²) in [7, 11) is 1.92.